The Bertz CT molecular complexity index is 307. The molecule has 0 spiro atoms. The van der Waals surface area contributed by atoms with E-state index >= 15 is 0 Å². The van der Waals surface area contributed by atoms with Crippen molar-refractivity contribution in [3.05, 3.63) is 11.8 Å². The molecule has 1 saturated heterocycles. The van der Waals surface area contributed by atoms with Gasteiger partial charge in [-0.05, 0) is 25.5 Å². The standard InChI is InChI=1S/C10H17N3S/c1-10(5-3-4-6-14-10)8-7-9(11)13(2)12-8/h7H,3-6,11H2,1-2H3. The Kier molecular flexibility index (Phi) is 2.47. The van der Waals surface area contributed by atoms with Crippen LogP contribution in [-0.2, 0) is 11.8 Å². The van der Waals surface area contributed by atoms with Gasteiger partial charge in [0.15, 0.2) is 0 Å². The average Bonchev–Trinajstić information content (AvgIpc) is 2.49. The second-order valence-electron chi connectivity index (χ2n) is 4.11. The number of hydrogen-bond acceptors (Lipinski definition) is 3. The van der Waals surface area contributed by atoms with Crippen molar-refractivity contribution in [3.63, 3.8) is 0 Å². The second-order valence-corrected chi connectivity index (χ2v) is 5.71. The van der Waals surface area contributed by atoms with Crippen LogP contribution in [0, 0.1) is 0 Å². The number of hydrogen-bond donors (Lipinski definition) is 1. The average molecular weight is 211 g/mol. The number of nitrogens with two attached hydrogens (primary N) is 1. The highest BCUT2D eigenvalue weighted by atomic mass is 32.2. The van der Waals surface area contributed by atoms with E-state index in [9.17, 15) is 0 Å². The Morgan fingerprint density at radius 2 is 2.36 bits per heavy atom. The van der Waals surface area contributed by atoms with Crippen molar-refractivity contribution in [2.45, 2.75) is 30.9 Å². The van der Waals surface area contributed by atoms with Crippen molar-refractivity contribution in [1.82, 2.24) is 9.78 Å². The monoisotopic (exact) mass is 211 g/mol. The first-order valence-electron chi connectivity index (χ1n) is 5.06. The van der Waals surface area contributed by atoms with Crippen LogP contribution >= 0.6 is 11.8 Å². The molecule has 78 valence electrons. The number of aryl methyl sites for hydroxylation is 1. The van der Waals surface area contributed by atoms with Crippen LogP contribution in [0.25, 0.3) is 0 Å². The molecule has 1 aliphatic rings. The van der Waals surface area contributed by atoms with Crippen LogP contribution in [0.1, 0.15) is 31.9 Å². The van der Waals surface area contributed by atoms with Crippen LogP contribution in [0.5, 0.6) is 0 Å². The topological polar surface area (TPSA) is 43.8 Å². The van der Waals surface area contributed by atoms with Gasteiger partial charge in [0.05, 0.1) is 10.4 Å². The maximum Gasteiger partial charge on any atom is 0.121 e. The third-order valence-electron chi connectivity index (χ3n) is 2.93. The summed E-state index contributed by atoms with van der Waals surface area (Å²) in [6, 6.07) is 2.01. The molecule has 3 nitrogen and oxygen atoms in total. The number of anilines is 1. The third kappa shape index (κ3) is 1.63. The third-order valence-corrected chi connectivity index (χ3v) is 4.47. The quantitative estimate of drug-likeness (QED) is 0.774. The Balaban J connectivity index is 2.28. The fraction of sp³-hybridized carbons (Fsp3) is 0.700. The Morgan fingerprint density at radius 3 is 2.86 bits per heavy atom. The van der Waals surface area contributed by atoms with Gasteiger partial charge >= 0.3 is 0 Å². The summed E-state index contributed by atoms with van der Waals surface area (Å²) in [5.41, 5.74) is 6.94. The van der Waals surface area contributed by atoms with Crippen molar-refractivity contribution in [3.8, 4) is 0 Å². The highest BCUT2D eigenvalue weighted by molar-refractivity contribution is 8.00. The Hall–Kier alpha value is -0.640. The van der Waals surface area contributed by atoms with Gasteiger partial charge in [-0.15, -0.1) is 11.8 Å². The van der Waals surface area contributed by atoms with Crippen LogP contribution in [0.15, 0.2) is 6.07 Å². The van der Waals surface area contributed by atoms with Gasteiger partial charge in [-0.2, -0.15) is 5.10 Å². The number of nitrogen functional groups attached to an aromatic ring is 1. The molecule has 0 aromatic carbocycles. The van der Waals surface area contributed by atoms with Gasteiger partial charge in [-0.25, -0.2) is 0 Å². The van der Waals surface area contributed by atoms with E-state index in [1.54, 1.807) is 4.68 Å². The van der Waals surface area contributed by atoms with E-state index in [-0.39, 0.29) is 4.75 Å². The van der Waals surface area contributed by atoms with Crippen LogP contribution in [0.3, 0.4) is 0 Å². The summed E-state index contributed by atoms with van der Waals surface area (Å²) in [5.74, 6) is 2.00. The molecular weight excluding hydrogens is 194 g/mol. The maximum atomic E-state index is 5.80. The normalized spacial score (nSPS) is 27.9. The Labute approximate surface area is 89.1 Å². The van der Waals surface area contributed by atoms with E-state index in [1.165, 1.54) is 25.0 Å². The van der Waals surface area contributed by atoms with Gasteiger partial charge in [-0.3, -0.25) is 4.68 Å². The fourth-order valence-electron chi connectivity index (χ4n) is 1.88. The van der Waals surface area contributed by atoms with Gasteiger partial charge in [0, 0.05) is 13.1 Å². The van der Waals surface area contributed by atoms with Crippen molar-refractivity contribution in [1.29, 1.82) is 0 Å². The molecule has 1 aromatic heterocycles. The summed E-state index contributed by atoms with van der Waals surface area (Å²) in [7, 11) is 1.90. The van der Waals surface area contributed by atoms with Gasteiger partial charge in [0.25, 0.3) is 0 Å². The van der Waals surface area contributed by atoms with E-state index in [0.717, 1.165) is 11.5 Å². The van der Waals surface area contributed by atoms with Gasteiger partial charge < -0.3 is 5.73 Å². The van der Waals surface area contributed by atoms with Crippen molar-refractivity contribution >= 4 is 17.6 Å². The summed E-state index contributed by atoms with van der Waals surface area (Å²) in [6.07, 6.45) is 3.86. The van der Waals surface area contributed by atoms with Crippen LogP contribution in [0.4, 0.5) is 5.82 Å². The smallest absolute Gasteiger partial charge is 0.121 e. The molecule has 0 bridgehead atoms. The van der Waals surface area contributed by atoms with E-state index < -0.39 is 0 Å². The van der Waals surface area contributed by atoms with Crippen molar-refractivity contribution in [2.75, 3.05) is 11.5 Å². The molecule has 1 unspecified atom stereocenters. The zero-order valence-corrected chi connectivity index (χ0v) is 9.60. The lowest BCUT2D eigenvalue weighted by atomic mass is 9.99. The molecular formula is C10H17N3S. The zero-order valence-electron chi connectivity index (χ0n) is 8.79. The first-order chi connectivity index (χ1) is 6.62. The highest BCUT2D eigenvalue weighted by Gasteiger charge is 2.32. The summed E-state index contributed by atoms with van der Waals surface area (Å²) < 4.78 is 1.95. The minimum atomic E-state index is 0.188. The van der Waals surface area contributed by atoms with Crippen LogP contribution in [0.2, 0.25) is 0 Å². The van der Waals surface area contributed by atoms with Gasteiger partial charge in [-0.1, -0.05) is 6.42 Å². The predicted octanol–water partition coefficient (Wildman–Crippen LogP) is 2.13. The first kappa shape index (κ1) is 9.90. The van der Waals surface area contributed by atoms with Crippen LogP contribution in [-0.4, -0.2) is 15.5 Å². The fourth-order valence-corrected chi connectivity index (χ4v) is 3.21. The molecule has 14 heavy (non-hydrogen) atoms. The van der Waals surface area contributed by atoms with Crippen molar-refractivity contribution < 1.29 is 0 Å². The lowest BCUT2D eigenvalue weighted by Gasteiger charge is -2.31. The summed E-state index contributed by atoms with van der Waals surface area (Å²) >= 11 is 2.01. The van der Waals surface area contributed by atoms with E-state index in [0.29, 0.717) is 0 Å². The molecule has 4 heteroatoms. The summed E-state index contributed by atoms with van der Waals surface area (Å²) in [6.45, 7) is 2.28. The molecule has 0 aliphatic carbocycles. The first-order valence-corrected chi connectivity index (χ1v) is 6.04. The number of nitrogens with zero attached hydrogens (tertiary/aromatic N) is 2. The maximum absolute atomic E-state index is 5.80. The molecule has 0 saturated carbocycles. The molecule has 2 N–H and O–H groups in total. The second kappa shape index (κ2) is 3.50. The SMILES string of the molecule is Cn1nc(C2(C)CCCCS2)cc1N. The Morgan fingerprint density at radius 1 is 1.57 bits per heavy atom. The number of rotatable bonds is 1. The highest BCUT2D eigenvalue weighted by Crippen LogP contribution is 2.44. The van der Waals surface area contributed by atoms with E-state index in [1.807, 2.05) is 24.9 Å². The summed E-state index contributed by atoms with van der Waals surface area (Å²) in [5, 5.41) is 4.48. The lowest BCUT2D eigenvalue weighted by molar-refractivity contribution is 0.537. The number of aromatic nitrogens is 2. The minimum absolute atomic E-state index is 0.188. The lowest BCUT2D eigenvalue weighted by Crippen LogP contribution is -2.22. The molecule has 1 atom stereocenters. The van der Waals surface area contributed by atoms with Gasteiger partial charge in [0.1, 0.15) is 5.82 Å². The largest absolute Gasteiger partial charge is 0.384 e. The molecule has 0 amide bonds. The molecule has 1 fully saturated rings. The van der Waals surface area contributed by atoms with E-state index in [4.69, 9.17) is 5.73 Å². The van der Waals surface area contributed by atoms with Crippen LogP contribution < -0.4 is 5.73 Å². The van der Waals surface area contributed by atoms with E-state index in [2.05, 4.69) is 12.0 Å². The summed E-state index contributed by atoms with van der Waals surface area (Å²) in [4.78, 5) is 0. The predicted molar refractivity (Wildman–Crippen MR) is 61.3 cm³/mol. The number of thioether (sulfide) groups is 1. The minimum Gasteiger partial charge on any atom is -0.384 e. The van der Waals surface area contributed by atoms with Crippen molar-refractivity contribution in [2.24, 2.45) is 7.05 Å². The molecule has 2 rings (SSSR count). The zero-order chi connectivity index (χ0) is 10.2. The molecule has 1 aromatic rings. The van der Waals surface area contributed by atoms with Gasteiger partial charge in [0.2, 0.25) is 0 Å². The molecule has 0 radical (unpaired) electrons. The molecule has 1 aliphatic heterocycles. The molecule has 2 heterocycles.